The van der Waals surface area contributed by atoms with Crippen LogP contribution in [0.1, 0.15) is 296 Å². The molecule has 0 aliphatic rings. The molecular formula is C55H104O5. The molecule has 60 heavy (non-hydrogen) atoms. The van der Waals surface area contributed by atoms with Gasteiger partial charge >= 0.3 is 11.9 Å². The topological polar surface area (TPSA) is 72.8 Å². The van der Waals surface area contributed by atoms with Crippen LogP contribution >= 0.6 is 0 Å². The molecule has 1 atom stereocenters. The summed E-state index contributed by atoms with van der Waals surface area (Å²) in [5.74, 6) is -0.593. The molecule has 0 fully saturated rings. The molecule has 5 nitrogen and oxygen atoms in total. The average Bonchev–Trinajstić information content (AvgIpc) is 3.25. The molecule has 0 amide bonds. The molecule has 0 spiro atoms. The highest BCUT2D eigenvalue weighted by atomic mass is 16.6. The van der Waals surface area contributed by atoms with Gasteiger partial charge < -0.3 is 14.6 Å². The Labute approximate surface area is 374 Å². The zero-order valence-electron chi connectivity index (χ0n) is 40.5. The summed E-state index contributed by atoms with van der Waals surface area (Å²) in [4.78, 5) is 24.4. The van der Waals surface area contributed by atoms with E-state index in [0.29, 0.717) is 12.8 Å². The van der Waals surface area contributed by atoms with Crippen molar-refractivity contribution in [2.45, 2.75) is 302 Å². The van der Waals surface area contributed by atoms with Crippen molar-refractivity contribution in [3.8, 4) is 0 Å². The molecule has 0 aromatic carbocycles. The van der Waals surface area contributed by atoms with Crippen LogP contribution in [-0.4, -0.2) is 36.4 Å². The van der Waals surface area contributed by atoms with E-state index in [1.165, 1.54) is 218 Å². The number of aliphatic hydroxyl groups excluding tert-OH is 1. The molecule has 0 aromatic heterocycles. The summed E-state index contributed by atoms with van der Waals surface area (Å²) < 4.78 is 10.7. The van der Waals surface area contributed by atoms with Crippen molar-refractivity contribution in [3.05, 3.63) is 24.3 Å². The van der Waals surface area contributed by atoms with Crippen LogP contribution in [0.4, 0.5) is 0 Å². The minimum atomic E-state index is -0.775. The summed E-state index contributed by atoms with van der Waals surface area (Å²) in [5.41, 5.74) is 0. The van der Waals surface area contributed by atoms with E-state index >= 15 is 0 Å². The molecule has 0 saturated carbocycles. The average molecular weight is 845 g/mol. The molecular weight excluding hydrogens is 741 g/mol. The second-order valence-corrected chi connectivity index (χ2v) is 18.3. The van der Waals surface area contributed by atoms with Crippen molar-refractivity contribution in [2.75, 3.05) is 13.2 Å². The van der Waals surface area contributed by atoms with E-state index in [-0.39, 0.29) is 25.2 Å². The number of allylic oxidation sites excluding steroid dienone is 4. The molecule has 0 bridgehead atoms. The fourth-order valence-electron chi connectivity index (χ4n) is 8.16. The summed E-state index contributed by atoms with van der Waals surface area (Å²) in [6.07, 6.45) is 64.5. The van der Waals surface area contributed by atoms with Crippen molar-refractivity contribution in [2.24, 2.45) is 0 Å². The first-order valence-corrected chi connectivity index (χ1v) is 26.9. The number of unbranched alkanes of at least 4 members (excludes halogenated alkanes) is 38. The molecule has 0 heterocycles. The second kappa shape index (κ2) is 51.7. The number of carbonyl (C=O) groups excluding carboxylic acids is 2. The van der Waals surface area contributed by atoms with Crippen LogP contribution in [0.3, 0.4) is 0 Å². The minimum absolute atomic E-state index is 0.0667. The lowest BCUT2D eigenvalue weighted by atomic mass is 10.0. The predicted octanol–water partition coefficient (Wildman–Crippen LogP) is 17.8. The van der Waals surface area contributed by atoms with Gasteiger partial charge in [0.15, 0.2) is 6.10 Å². The maximum absolute atomic E-state index is 12.2. The highest BCUT2D eigenvalue weighted by molar-refractivity contribution is 5.70. The van der Waals surface area contributed by atoms with E-state index in [1.807, 2.05) is 0 Å². The van der Waals surface area contributed by atoms with E-state index in [4.69, 9.17) is 9.47 Å². The van der Waals surface area contributed by atoms with Gasteiger partial charge in [-0.1, -0.05) is 269 Å². The lowest BCUT2D eigenvalue weighted by Gasteiger charge is -2.15. The van der Waals surface area contributed by atoms with Crippen molar-refractivity contribution in [1.29, 1.82) is 0 Å². The zero-order valence-corrected chi connectivity index (χ0v) is 40.5. The molecule has 0 aromatic rings. The lowest BCUT2D eigenvalue weighted by molar-refractivity contribution is -0.161. The van der Waals surface area contributed by atoms with Crippen LogP contribution in [0.2, 0.25) is 0 Å². The van der Waals surface area contributed by atoms with Gasteiger partial charge in [-0.25, -0.2) is 0 Å². The van der Waals surface area contributed by atoms with E-state index in [0.717, 1.165) is 51.4 Å². The third-order valence-corrected chi connectivity index (χ3v) is 12.2. The number of carbonyl (C=O) groups is 2. The monoisotopic (exact) mass is 845 g/mol. The van der Waals surface area contributed by atoms with Crippen LogP contribution < -0.4 is 0 Å². The second-order valence-electron chi connectivity index (χ2n) is 18.3. The Bertz CT molecular complexity index is 913. The number of ether oxygens (including phenoxy) is 2. The summed E-state index contributed by atoms with van der Waals surface area (Å²) >= 11 is 0. The molecule has 1 unspecified atom stereocenters. The first-order chi connectivity index (χ1) is 29.6. The Morgan fingerprint density at radius 2 is 0.683 bits per heavy atom. The quantitative estimate of drug-likeness (QED) is 0.0375. The smallest absolute Gasteiger partial charge is 0.306 e. The van der Waals surface area contributed by atoms with E-state index in [2.05, 4.69) is 38.2 Å². The molecule has 0 radical (unpaired) electrons. The predicted molar refractivity (Wildman–Crippen MR) is 261 cm³/mol. The standard InChI is InChI=1S/C55H104O5/c1-3-5-7-9-11-13-15-17-19-20-21-22-23-24-25-26-27-28-29-30-31-32-33-34-35-36-38-39-41-43-45-47-49-54(57)59-52-53(51-56)60-55(58)50-48-46-44-42-40-37-18-16-14-12-10-8-6-4-2/h10,12,16,18,53,56H,3-9,11,13-15,17,19-52H2,1-2H3/b12-10-,18-16-. The van der Waals surface area contributed by atoms with Gasteiger partial charge in [-0.15, -0.1) is 0 Å². The third kappa shape index (κ3) is 49.0. The van der Waals surface area contributed by atoms with Gasteiger partial charge in [0.2, 0.25) is 0 Å². The van der Waals surface area contributed by atoms with Crippen molar-refractivity contribution < 1.29 is 24.2 Å². The summed E-state index contributed by atoms with van der Waals surface area (Å²) in [6, 6.07) is 0. The van der Waals surface area contributed by atoms with Gasteiger partial charge in [-0.2, -0.15) is 0 Å². The van der Waals surface area contributed by atoms with Crippen LogP contribution in [0.5, 0.6) is 0 Å². The largest absolute Gasteiger partial charge is 0.462 e. The Hall–Kier alpha value is -1.62. The minimum Gasteiger partial charge on any atom is -0.462 e. The Kier molecular flexibility index (Phi) is 50.3. The molecule has 0 aliphatic heterocycles. The molecule has 1 N–H and O–H groups in total. The number of rotatable bonds is 50. The van der Waals surface area contributed by atoms with Crippen molar-refractivity contribution in [1.82, 2.24) is 0 Å². The van der Waals surface area contributed by atoms with Gasteiger partial charge in [0.05, 0.1) is 6.61 Å². The maximum atomic E-state index is 12.2. The lowest BCUT2D eigenvalue weighted by Crippen LogP contribution is -2.28. The molecule has 354 valence electrons. The Morgan fingerprint density at radius 3 is 1.03 bits per heavy atom. The van der Waals surface area contributed by atoms with Gasteiger partial charge in [0, 0.05) is 12.8 Å². The number of hydrogen-bond acceptors (Lipinski definition) is 5. The Morgan fingerprint density at radius 1 is 0.383 bits per heavy atom. The summed E-state index contributed by atoms with van der Waals surface area (Å²) in [7, 11) is 0. The van der Waals surface area contributed by atoms with E-state index in [9.17, 15) is 14.7 Å². The fourth-order valence-corrected chi connectivity index (χ4v) is 8.16. The van der Waals surface area contributed by atoms with Crippen LogP contribution in [0.15, 0.2) is 24.3 Å². The van der Waals surface area contributed by atoms with Crippen LogP contribution in [-0.2, 0) is 19.1 Å². The SMILES string of the molecule is CCCC/C=C\C/C=C\CCCCCCCC(=O)OC(CO)COC(=O)CCCCCCCCCCCCCCCCCCCCCCCCCCCCCCCCCC. The molecule has 5 heteroatoms. The molecule has 0 rings (SSSR count). The molecule has 0 aliphatic carbocycles. The van der Waals surface area contributed by atoms with E-state index < -0.39 is 6.10 Å². The number of aliphatic hydroxyl groups is 1. The summed E-state index contributed by atoms with van der Waals surface area (Å²) in [6.45, 7) is 4.12. The van der Waals surface area contributed by atoms with Gasteiger partial charge in [-0.05, 0) is 38.5 Å². The normalized spacial score (nSPS) is 12.2. The molecule has 0 saturated heterocycles. The highest BCUT2D eigenvalue weighted by Gasteiger charge is 2.16. The highest BCUT2D eigenvalue weighted by Crippen LogP contribution is 2.17. The van der Waals surface area contributed by atoms with Crippen molar-refractivity contribution >= 4 is 11.9 Å². The first-order valence-electron chi connectivity index (χ1n) is 26.9. The number of hydrogen-bond donors (Lipinski definition) is 1. The van der Waals surface area contributed by atoms with Crippen LogP contribution in [0.25, 0.3) is 0 Å². The summed E-state index contributed by atoms with van der Waals surface area (Å²) in [5, 5.41) is 9.60. The first kappa shape index (κ1) is 58.4. The van der Waals surface area contributed by atoms with Gasteiger partial charge in [0.25, 0.3) is 0 Å². The maximum Gasteiger partial charge on any atom is 0.306 e. The Balaban J connectivity index is 3.38. The third-order valence-electron chi connectivity index (χ3n) is 12.2. The number of esters is 2. The fraction of sp³-hybridized carbons (Fsp3) is 0.891. The van der Waals surface area contributed by atoms with Crippen molar-refractivity contribution in [3.63, 3.8) is 0 Å². The van der Waals surface area contributed by atoms with Crippen LogP contribution in [0, 0.1) is 0 Å². The van der Waals surface area contributed by atoms with E-state index in [1.54, 1.807) is 0 Å². The van der Waals surface area contributed by atoms with Gasteiger partial charge in [-0.3, -0.25) is 9.59 Å². The van der Waals surface area contributed by atoms with Gasteiger partial charge in [0.1, 0.15) is 6.61 Å². The zero-order chi connectivity index (χ0) is 43.5.